The van der Waals surface area contributed by atoms with Crippen molar-refractivity contribution >= 4 is 11.4 Å². The lowest BCUT2D eigenvalue weighted by atomic mass is 10.3. The van der Waals surface area contributed by atoms with E-state index in [0.717, 1.165) is 12.1 Å². The van der Waals surface area contributed by atoms with Crippen LogP contribution in [-0.2, 0) is 0 Å². The molecule has 0 radical (unpaired) electrons. The van der Waals surface area contributed by atoms with Gasteiger partial charge in [0.15, 0.2) is 11.6 Å². The number of nitrogens with one attached hydrogen (secondary N) is 2. The average molecular weight is 196 g/mol. The van der Waals surface area contributed by atoms with Crippen LogP contribution in [0, 0.1) is 17.0 Å². The summed E-state index contributed by atoms with van der Waals surface area (Å²) >= 11 is 0. The highest BCUT2D eigenvalue weighted by atomic mass is 19.2. The number of halogens is 2. The lowest BCUT2D eigenvalue weighted by molar-refractivity contribution is 0.509. The largest absolute Gasteiger partial charge is 0.362 e. The van der Waals surface area contributed by atoms with E-state index < -0.39 is 11.6 Å². The van der Waals surface area contributed by atoms with Crippen LogP contribution in [-0.4, -0.2) is 5.71 Å². The van der Waals surface area contributed by atoms with Crippen LogP contribution in [0.5, 0.6) is 0 Å². The lowest BCUT2D eigenvalue weighted by Crippen LogP contribution is -1.92. The normalized spacial score (nSPS) is 10.5. The van der Waals surface area contributed by atoms with Crippen LogP contribution < -0.4 is 5.32 Å². The molecule has 0 heterocycles. The molecule has 0 spiro atoms. The van der Waals surface area contributed by atoms with Gasteiger partial charge in [-0.25, -0.2) is 8.78 Å². The maximum absolute atomic E-state index is 12.7. The second-order valence-electron chi connectivity index (χ2n) is 2.79. The standard InChI is InChI=1S/C10H10F2N2/c1-7(13)4-5-14-8-2-3-9(11)10(12)6-8/h2-6,13-14H,1H3/b5-4-,13-7?. The van der Waals surface area contributed by atoms with Crippen molar-refractivity contribution < 1.29 is 8.78 Å². The van der Waals surface area contributed by atoms with E-state index in [2.05, 4.69) is 5.32 Å². The number of hydrogen-bond acceptors (Lipinski definition) is 2. The van der Waals surface area contributed by atoms with Gasteiger partial charge < -0.3 is 10.7 Å². The summed E-state index contributed by atoms with van der Waals surface area (Å²) in [7, 11) is 0. The van der Waals surface area contributed by atoms with E-state index in [0.29, 0.717) is 11.4 Å². The smallest absolute Gasteiger partial charge is 0.160 e. The quantitative estimate of drug-likeness (QED) is 0.716. The molecule has 0 aliphatic heterocycles. The van der Waals surface area contributed by atoms with Crippen LogP contribution in [0.25, 0.3) is 0 Å². The summed E-state index contributed by atoms with van der Waals surface area (Å²) in [6.45, 7) is 1.61. The van der Waals surface area contributed by atoms with Crippen molar-refractivity contribution in [2.24, 2.45) is 0 Å². The molecule has 0 atom stereocenters. The van der Waals surface area contributed by atoms with Crippen molar-refractivity contribution in [1.29, 1.82) is 5.41 Å². The van der Waals surface area contributed by atoms with Gasteiger partial charge in [-0.2, -0.15) is 0 Å². The van der Waals surface area contributed by atoms with Gasteiger partial charge in [0.25, 0.3) is 0 Å². The van der Waals surface area contributed by atoms with Gasteiger partial charge >= 0.3 is 0 Å². The molecular formula is C10H10F2N2. The number of allylic oxidation sites excluding steroid dienone is 1. The molecule has 0 bridgehead atoms. The van der Waals surface area contributed by atoms with E-state index in [1.165, 1.54) is 18.3 Å². The summed E-state index contributed by atoms with van der Waals surface area (Å²) in [5, 5.41) is 9.79. The SMILES string of the molecule is CC(=N)/C=C\Nc1ccc(F)c(F)c1. The van der Waals surface area contributed by atoms with Crippen LogP contribution in [0.15, 0.2) is 30.5 Å². The Hall–Kier alpha value is -1.71. The van der Waals surface area contributed by atoms with E-state index in [-0.39, 0.29) is 0 Å². The van der Waals surface area contributed by atoms with Gasteiger partial charge in [0.05, 0.1) is 0 Å². The lowest BCUT2D eigenvalue weighted by Gasteiger charge is -2.00. The molecule has 0 unspecified atom stereocenters. The van der Waals surface area contributed by atoms with Gasteiger partial charge in [-0.1, -0.05) is 0 Å². The molecule has 4 heteroatoms. The predicted molar refractivity (Wildman–Crippen MR) is 52.5 cm³/mol. The van der Waals surface area contributed by atoms with Gasteiger partial charge in [0, 0.05) is 23.7 Å². The van der Waals surface area contributed by atoms with Crippen molar-refractivity contribution in [3.05, 3.63) is 42.1 Å². The Morgan fingerprint density at radius 3 is 2.64 bits per heavy atom. The minimum absolute atomic E-state index is 0.375. The maximum Gasteiger partial charge on any atom is 0.160 e. The summed E-state index contributed by atoms with van der Waals surface area (Å²) in [6.07, 6.45) is 3.01. The molecule has 0 amide bonds. The van der Waals surface area contributed by atoms with E-state index in [1.54, 1.807) is 6.92 Å². The Balaban J connectivity index is 2.69. The average Bonchev–Trinajstić information content (AvgIpc) is 2.10. The van der Waals surface area contributed by atoms with Crippen molar-refractivity contribution in [2.75, 3.05) is 5.32 Å². The van der Waals surface area contributed by atoms with Crippen LogP contribution >= 0.6 is 0 Å². The fourth-order valence-corrected chi connectivity index (χ4v) is 0.849. The minimum Gasteiger partial charge on any atom is -0.362 e. The summed E-state index contributed by atoms with van der Waals surface area (Å²) in [4.78, 5) is 0. The Kier molecular flexibility index (Phi) is 3.34. The summed E-state index contributed by atoms with van der Waals surface area (Å²) in [5.41, 5.74) is 0.821. The molecule has 0 aliphatic rings. The second kappa shape index (κ2) is 4.50. The molecule has 1 rings (SSSR count). The third-order valence-corrected chi connectivity index (χ3v) is 1.50. The van der Waals surface area contributed by atoms with Crippen molar-refractivity contribution in [2.45, 2.75) is 6.92 Å². The molecule has 0 saturated carbocycles. The molecule has 0 saturated heterocycles. The Morgan fingerprint density at radius 2 is 2.07 bits per heavy atom. The van der Waals surface area contributed by atoms with E-state index in [9.17, 15) is 8.78 Å². The zero-order chi connectivity index (χ0) is 10.6. The number of rotatable bonds is 3. The first kappa shape index (κ1) is 10.4. The Labute approximate surface area is 80.8 Å². The van der Waals surface area contributed by atoms with Crippen molar-refractivity contribution in [3.8, 4) is 0 Å². The summed E-state index contributed by atoms with van der Waals surface area (Å²) in [6, 6.07) is 3.52. The second-order valence-corrected chi connectivity index (χ2v) is 2.79. The van der Waals surface area contributed by atoms with E-state index in [1.807, 2.05) is 0 Å². The number of anilines is 1. The molecule has 1 aromatic rings. The van der Waals surface area contributed by atoms with E-state index >= 15 is 0 Å². The molecule has 74 valence electrons. The van der Waals surface area contributed by atoms with Crippen LogP contribution in [0.2, 0.25) is 0 Å². The zero-order valence-corrected chi connectivity index (χ0v) is 7.64. The number of benzene rings is 1. The van der Waals surface area contributed by atoms with Gasteiger partial charge in [0.1, 0.15) is 0 Å². The van der Waals surface area contributed by atoms with E-state index in [4.69, 9.17) is 5.41 Å². The highest BCUT2D eigenvalue weighted by molar-refractivity contribution is 5.90. The minimum atomic E-state index is -0.894. The molecule has 0 aliphatic carbocycles. The first-order valence-electron chi connectivity index (χ1n) is 4.03. The fraction of sp³-hybridized carbons (Fsp3) is 0.100. The van der Waals surface area contributed by atoms with Gasteiger partial charge in [-0.3, -0.25) is 0 Å². The van der Waals surface area contributed by atoms with Crippen molar-refractivity contribution in [1.82, 2.24) is 0 Å². The zero-order valence-electron chi connectivity index (χ0n) is 7.64. The number of hydrogen-bond donors (Lipinski definition) is 2. The molecule has 1 aromatic carbocycles. The monoisotopic (exact) mass is 196 g/mol. The summed E-state index contributed by atoms with van der Waals surface area (Å²) < 4.78 is 25.2. The third kappa shape index (κ3) is 2.97. The van der Waals surface area contributed by atoms with Gasteiger partial charge in [-0.15, -0.1) is 0 Å². The topological polar surface area (TPSA) is 35.9 Å². The predicted octanol–water partition coefficient (Wildman–Crippen LogP) is 2.93. The fourth-order valence-electron chi connectivity index (χ4n) is 0.849. The first-order chi connectivity index (χ1) is 6.59. The maximum atomic E-state index is 12.7. The highest BCUT2D eigenvalue weighted by Crippen LogP contribution is 2.12. The Bertz CT molecular complexity index is 372. The first-order valence-corrected chi connectivity index (χ1v) is 4.03. The van der Waals surface area contributed by atoms with Crippen LogP contribution in [0.1, 0.15) is 6.92 Å². The molecule has 2 nitrogen and oxygen atoms in total. The molecular weight excluding hydrogens is 186 g/mol. The van der Waals surface area contributed by atoms with Gasteiger partial charge in [0.2, 0.25) is 0 Å². The molecule has 0 aromatic heterocycles. The third-order valence-electron chi connectivity index (χ3n) is 1.50. The van der Waals surface area contributed by atoms with Crippen LogP contribution in [0.4, 0.5) is 14.5 Å². The highest BCUT2D eigenvalue weighted by Gasteiger charge is 2.00. The molecule has 2 N–H and O–H groups in total. The van der Waals surface area contributed by atoms with Crippen LogP contribution in [0.3, 0.4) is 0 Å². The van der Waals surface area contributed by atoms with Crippen molar-refractivity contribution in [3.63, 3.8) is 0 Å². The van der Waals surface area contributed by atoms with Gasteiger partial charge in [-0.05, 0) is 25.1 Å². The summed E-state index contributed by atoms with van der Waals surface area (Å²) in [5.74, 6) is -1.77. The molecule has 14 heavy (non-hydrogen) atoms. The Morgan fingerprint density at radius 1 is 1.36 bits per heavy atom. The molecule has 0 fully saturated rings.